The zero-order valence-electron chi connectivity index (χ0n) is 13.6. The molecule has 4 N–H and O–H groups in total. The van der Waals surface area contributed by atoms with Gasteiger partial charge in [-0.25, -0.2) is 9.59 Å². The molecule has 8 heteroatoms. The zero-order valence-corrected chi connectivity index (χ0v) is 14.4. The third-order valence-corrected chi connectivity index (χ3v) is 4.01. The van der Waals surface area contributed by atoms with Crippen molar-refractivity contribution in [1.82, 2.24) is 5.32 Å². The summed E-state index contributed by atoms with van der Waals surface area (Å²) in [4.78, 5) is 24.2. The third-order valence-electron chi connectivity index (χ3n) is 3.67. The van der Waals surface area contributed by atoms with Crippen molar-refractivity contribution in [2.75, 3.05) is 19.9 Å². The van der Waals surface area contributed by atoms with E-state index in [0.717, 1.165) is 0 Å². The number of carboxylic acids is 1. The molecule has 2 rings (SSSR count). The molecule has 1 aromatic rings. The molecule has 0 aliphatic carbocycles. The van der Waals surface area contributed by atoms with Crippen LogP contribution in [0.3, 0.4) is 0 Å². The molecule has 1 aliphatic heterocycles. The summed E-state index contributed by atoms with van der Waals surface area (Å²) >= 11 is 6.24. The van der Waals surface area contributed by atoms with E-state index in [0.29, 0.717) is 22.8 Å². The average molecular weight is 367 g/mol. The fraction of sp³-hybridized carbons (Fsp3) is 0.294. The van der Waals surface area contributed by atoms with Crippen LogP contribution in [0.2, 0.25) is 5.02 Å². The molecule has 1 heterocycles. The first-order valence-electron chi connectivity index (χ1n) is 7.57. The van der Waals surface area contributed by atoms with Crippen molar-refractivity contribution in [2.45, 2.75) is 12.8 Å². The van der Waals surface area contributed by atoms with Crippen LogP contribution < -0.4 is 11.1 Å². The van der Waals surface area contributed by atoms with E-state index in [1.54, 1.807) is 31.2 Å². The van der Waals surface area contributed by atoms with Gasteiger partial charge in [-0.15, -0.1) is 0 Å². The molecule has 0 bridgehead atoms. The molecule has 25 heavy (non-hydrogen) atoms. The number of carboxylic acid groups (broad SMARTS) is 1. The summed E-state index contributed by atoms with van der Waals surface area (Å²) in [5.41, 5.74) is 6.39. The molecule has 0 spiro atoms. The highest BCUT2D eigenvalue weighted by molar-refractivity contribution is 6.31. The number of rotatable bonds is 7. The zero-order chi connectivity index (χ0) is 18.4. The number of nitrogens with one attached hydrogen (secondary N) is 1. The molecule has 0 aromatic heterocycles. The van der Waals surface area contributed by atoms with Crippen LogP contribution in [0, 0.1) is 0 Å². The van der Waals surface area contributed by atoms with Crippen molar-refractivity contribution in [2.24, 2.45) is 5.73 Å². The third kappa shape index (κ3) is 4.39. The number of carbonyl (C=O) groups is 2. The number of aliphatic carboxylic acids is 1. The van der Waals surface area contributed by atoms with Crippen LogP contribution in [0.4, 0.5) is 0 Å². The van der Waals surface area contributed by atoms with Gasteiger partial charge in [-0.1, -0.05) is 29.8 Å². The number of nitrogens with two attached hydrogens (primary N) is 1. The molecule has 0 fully saturated rings. The van der Waals surface area contributed by atoms with Crippen molar-refractivity contribution in [3.05, 3.63) is 57.9 Å². The van der Waals surface area contributed by atoms with E-state index in [4.69, 9.17) is 26.8 Å². The summed E-state index contributed by atoms with van der Waals surface area (Å²) in [7, 11) is 0. The van der Waals surface area contributed by atoms with Gasteiger partial charge in [0.05, 0.1) is 23.7 Å². The maximum Gasteiger partial charge on any atom is 0.338 e. The molecule has 1 unspecified atom stereocenters. The molecular weight excluding hydrogens is 348 g/mol. The fourth-order valence-corrected chi connectivity index (χ4v) is 2.78. The first kappa shape index (κ1) is 19.0. The lowest BCUT2D eigenvalue weighted by Gasteiger charge is -2.27. The minimum Gasteiger partial charge on any atom is -0.478 e. The van der Waals surface area contributed by atoms with E-state index in [9.17, 15) is 14.7 Å². The molecule has 1 atom stereocenters. The lowest BCUT2D eigenvalue weighted by atomic mass is 9.82. The number of ether oxygens (including phenoxy) is 2. The van der Waals surface area contributed by atoms with Gasteiger partial charge >= 0.3 is 11.9 Å². The van der Waals surface area contributed by atoms with Crippen molar-refractivity contribution >= 4 is 23.5 Å². The summed E-state index contributed by atoms with van der Waals surface area (Å²) in [5, 5.41) is 12.8. The Bertz CT molecular complexity index is 730. The summed E-state index contributed by atoms with van der Waals surface area (Å²) in [6.07, 6.45) is 1.43. The second kappa shape index (κ2) is 8.66. The van der Waals surface area contributed by atoms with Crippen molar-refractivity contribution in [1.29, 1.82) is 0 Å². The molecular formula is C17H19ClN2O5. The van der Waals surface area contributed by atoms with Crippen LogP contribution in [-0.2, 0) is 19.1 Å². The van der Waals surface area contributed by atoms with Gasteiger partial charge in [0.15, 0.2) is 6.79 Å². The molecule has 0 radical (unpaired) electrons. The van der Waals surface area contributed by atoms with E-state index in [1.807, 2.05) is 0 Å². The van der Waals surface area contributed by atoms with Crippen LogP contribution in [0.15, 0.2) is 47.3 Å². The minimum atomic E-state index is -1.15. The number of hydrogen-bond acceptors (Lipinski definition) is 6. The highest BCUT2D eigenvalue weighted by Gasteiger charge is 2.36. The number of benzene rings is 1. The summed E-state index contributed by atoms with van der Waals surface area (Å²) in [6, 6.07) is 6.78. The lowest BCUT2D eigenvalue weighted by Crippen LogP contribution is -2.29. The Morgan fingerprint density at radius 3 is 2.72 bits per heavy atom. The summed E-state index contributed by atoms with van der Waals surface area (Å²) in [5.74, 6) is -2.69. The number of allylic oxidation sites excluding steroid dienone is 1. The van der Waals surface area contributed by atoms with Gasteiger partial charge in [0.1, 0.15) is 0 Å². The highest BCUT2D eigenvalue weighted by atomic mass is 35.5. The van der Waals surface area contributed by atoms with Crippen LogP contribution in [0.5, 0.6) is 0 Å². The van der Waals surface area contributed by atoms with E-state index >= 15 is 0 Å². The lowest BCUT2D eigenvalue weighted by molar-refractivity contribution is -0.151. The molecule has 1 aliphatic rings. The quantitative estimate of drug-likeness (QED) is 0.383. The monoisotopic (exact) mass is 366 g/mol. The largest absolute Gasteiger partial charge is 0.478 e. The molecule has 7 nitrogen and oxygen atoms in total. The van der Waals surface area contributed by atoms with E-state index < -0.39 is 17.9 Å². The Kier molecular flexibility index (Phi) is 6.58. The predicted molar refractivity (Wildman–Crippen MR) is 91.7 cm³/mol. The summed E-state index contributed by atoms with van der Waals surface area (Å²) in [6.45, 7) is 1.90. The Balaban J connectivity index is 2.36. The van der Waals surface area contributed by atoms with Gasteiger partial charge in [0.25, 0.3) is 0 Å². The van der Waals surface area contributed by atoms with Crippen LogP contribution in [0.25, 0.3) is 0 Å². The summed E-state index contributed by atoms with van der Waals surface area (Å²) < 4.78 is 10.1. The molecule has 0 amide bonds. The van der Waals surface area contributed by atoms with Crippen LogP contribution in [0.1, 0.15) is 18.4 Å². The number of esters is 1. The SMILES string of the molecule is CC1=C(C(=O)O)C(c2ccccc2Cl)C(C(=O)OCOCCN)=CN1. The number of dihydropyridines is 1. The van der Waals surface area contributed by atoms with Gasteiger partial charge in [0, 0.05) is 23.5 Å². The van der Waals surface area contributed by atoms with E-state index in [2.05, 4.69) is 5.32 Å². The smallest absolute Gasteiger partial charge is 0.338 e. The van der Waals surface area contributed by atoms with Gasteiger partial charge < -0.3 is 25.6 Å². The molecule has 0 saturated carbocycles. The maximum absolute atomic E-state index is 12.4. The minimum absolute atomic E-state index is 0.0328. The van der Waals surface area contributed by atoms with Crippen molar-refractivity contribution in [3.63, 3.8) is 0 Å². The first-order chi connectivity index (χ1) is 12.0. The van der Waals surface area contributed by atoms with Gasteiger partial charge in [-0.2, -0.15) is 0 Å². The highest BCUT2D eigenvalue weighted by Crippen LogP contribution is 2.39. The Hall–Kier alpha value is -2.35. The predicted octanol–water partition coefficient (Wildman–Crippen LogP) is 1.75. The normalized spacial score (nSPS) is 16.9. The topological polar surface area (TPSA) is 111 Å². The number of halogens is 1. The van der Waals surface area contributed by atoms with Crippen LogP contribution in [-0.4, -0.2) is 37.0 Å². The molecule has 1 aromatic carbocycles. The maximum atomic E-state index is 12.4. The molecule has 134 valence electrons. The van der Waals surface area contributed by atoms with Crippen LogP contribution >= 0.6 is 11.6 Å². The Labute approximate surface area is 150 Å². The van der Waals surface area contributed by atoms with Gasteiger partial charge in [-0.3, -0.25) is 0 Å². The van der Waals surface area contributed by atoms with Crippen molar-refractivity contribution < 1.29 is 24.2 Å². The van der Waals surface area contributed by atoms with Crippen molar-refractivity contribution in [3.8, 4) is 0 Å². The average Bonchev–Trinajstić information content (AvgIpc) is 2.58. The van der Waals surface area contributed by atoms with Gasteiger partial charge in [-0.05, 0) is 18.6 Å². The second-order valence-corrected chi connectivity index (χ2v) is 5.70. The van der Waals surface area contributed by atoms with E-state index in [-0.39, 0.29) is 24.5 Å². The Morgan fingerprint density at radius 2 is 2.08 bits per heavy atom. The first-order valence-corrected chi connectivity index (χ1v) is 7.95. The number of hydrogen-bond donors (Lipinski definition) is 3. The number of carbonyl (C=O) groups excluding carboxylic acids is 1. The fourth-order valence-electron chi connectivity index (χ4n) is 2.53. The van der Waals surface area contributed by atoms with Gasteiger partial charge in [0.2, 0.25) is 0 Å². The standard InChI is InChI=1S/C17H19ClN2O5/c1-10-14(16(21)22)15(11-4-2-3-5-13(11)18)12(8-20-10)17(23)25-9-24-7-6-19/h2-5,8,15,20H,6-7,9,19H2,1H3,(H,21,22). The van der Waals surface area contributed by atoms with E-state index in [1.165, 1.54) is 6.20 Å². The Morgan fingerprint density at radius 1 is 1.36 bits per heavy atom. The molecule has 0 saturated heterocycles. The second-order valence-electron chi connectivity index (χ2n) is 5.29.